The quantitative estimate of drug-likeness (QED) is 0.896. The number of nitrogens with one attached hydrogen (secondary N) is 1. The molecule has 2 aliphatic rings. The number of anilines is 1. The van der Waals surface area contributed by atoms with Crippen LogP contribution in [0.4, 0.5) is 5.69 Å². The summed E-state index contributed by atoms with van der Waals surface area (Å²) in [5.74, 6) is -0.819. The van der Waals surface area contributed by atoms with Crippen LogP contribution in [0.2, 0.25) is 0 Å². The van der Waals surface area contributed by atoms with Crippen LogP contribution in [0.15, 0.2) is 18.2 Å². The molecule has 0 spiro atoms. The number of benzene rings is 1. The number of amides is 1. The van der Waals surface area contributed by atoms with E-state index in [1.807, 2.05) is 13.0 Å². The zero-order chi connectivity index (χ0) is 15.9. The first-order valence-corrected chi connectivity index (χ1v) is 7.69. The molecule has 0 unspecified atom stereocenters. The topological polar surface area (TPSA) is 75.6 Å². The minimum Gasteiger partial charge on any atom is -0.497 e. The predicted molar refractivity (Wildman–Crippen MR) is 81.8 cm³/mol. The van der Waals surface area contributed by atoms with Gasteiger partial charge in [0.25, 0.3) is 0 Å². The van der Waals surface area contributed by atoms with Crippen LogP contribution in [0.25, 0.3) is 0 Å². The Morgan fingerprint density at radius 3 is 2.50 bits per heavy atom. The molecule has 1 aromatic carbocycles. The van der Waals surface area contributed by atoms with Crippen LogP contribution in [0.1, 0.15) is 24.8 Å². The Morgan fingerprint density at radius 2 is 1.91 bits per heavy atom. The lowest BCUT2D eigenvalue weighted by atomic mass is 9.78. The van der Waals surface area contributed by atoms with E-state index in [-0.39, 0.29) is 17.7 Å². The molecule has 3 rings (SSSR count). The number of methoxy groups -OCH3 is 1. The fraction of sp³-hybridized carbons (Fsp3) is 0.529. The summed E-state index contributed by atoms with van der Waals surface area (Å²) in [7, 11) is 1.60. The molecule has 4 atom stereocenters. The van der Waals surface area contributed by atoms with Gasteiger partial charge in [-0.05, 0) is 61.8 Å². The van der Waals surface area contributed by atoms with Crippen molar-refractivity contribution >= 4 is 17.6 Å². The highest BCUT2D eigenvalue weighted by Gasteiger charge is 2.53. The second-order valence-corrected chi connectivity index (χ2v) is 6.39. The highest BCUT2D eigenvalue weighted by molar-refractivity contribution is 5.96. The number of fused-ring (bicyclic) bond motifs is 2. The van der Waals surface area contributed by atoms with Gasteiger partial charge in [-0.3, -0.25) is 9.59 Å². The van der Waals surface area contributed by atoms with Crippen LogP contribution in [-0.4, -0.2) is 24.1 Å². The van der Waals surface area contributed by atoms with Crippen molar-refractivity contribution in [1.29, 1.82) is 0 Å². The molecule has 0 saturated heterocycles. The lowest BCUT2D eigenvalue weighted by molar-refractivity contribution is -0.148. The summed E-state index contributed by atoms with van der Waals surface area (Å²) in [6.45, 7) is 1.90. The summed E-state index contributed by atoms with van der Waals surface area (Å²) in [6, 6.07) is 5.44. The van der Waals surface area contributed by atoms with Crippen molar-refractivity contribution in [3.8, 4) is 5.75 Å². The van der Waals surface area contributed by atoms with Gasteiger partial charge in [-0.25, -0.2) is 0 Å². The van der Waals surface area contributed by atoms with Crippen molar-refractivity contribution in [2.75, 3.05) is 12.4 Å². The van der Waals surface area contributed by atoms with Crippen molar-refractivity contribution in [1.82, 2.24) is 0 Å². The van der Waals surface area contributed by atoms with Crippen LogP contribution in [0.3, 0.4) is 0 Å². The SMILES string of the molecule is COc1ccc(NC(=O)[C@H]2[C@H]3CC[C@@H](C3)[C@@H]2C(=O)O)c(C)c1. The molecule has 2 fully saturated rings. The number of carbonyl (C=O) groups excluding carboxylic acids is 1. The molecule has 5 nitrogen and oxygen atoms in total. The number of carboxylic acids is 1. The van der Waals surface area contributed by atoms with E-state index < -0.39 is 17.8 Å². The molecular weight excluding hydrogens is 282 g/mol. The van der Waals surface area contributed by atoms with E-state index in [1.54, 1.807) is 19.2 Å². The second-order valence-electron chi connectivity index (χ2n) is 6.39. The Bertz CT molecular complexity index is 613. The van der Waals surface area contributed by atoms with Gasteiger partial charge in [-0.1, -0.05) is 0 Å². The first kappa shape index (κ1) is 14.9. The van der Waals surface area contributed by atoms with Gasteiger partial charge in [0.15, 0.2) is 0 Å². The molecule has 2 N–H and O–H groups in total. The van der Waals surface area contributed by atoms with Crippen LogP contribution in [-0.2, 0) is 9.59 Å². The van der Waals surface area contributed by atoms with E-state index in [4.69, 9.17) is 4.74 Å². The monoisotopic (exact) mass is 303 g/mol. The van der Waals surface area contributed by atoms with Gasteiger partial charge >= 0.3 is 5.97 Å². The number of ether oxygens (including phenoxy) is 1. The van der Waals surface area contributed by atoms with Crippen LogP contribution in [0, 0.1) is 30.6 Å². The molecule has 0 radical (unpaired) electrons. The number of carboxylic acid groups (broad SMARTS) is 1. The van der Waals surface area contributed by atoms with Crippen molar-refractivity contribution in [3.05, 3.63) is 23.8 Å². The minimum atomic E-state index is -0.834. The van der Waals surface area contributed by atoms with E-state index in [9.17, 15) is 14.7 Å². The third kappa shape index (κ3) is 2.45. The summed E-state index contributed by atoms with van der Waals surface area (Å²) < 4.78 is 5.15. The largest absolute Gasteiger partial charge is 0.497 e. The number of hydrogen-bond donors (Lipinski definition) is 2. The van der Waals surface area contributed by atoms with Gasteiger partial charge in [0.2, 0.25) is 5.91 Å². The van der Waals surface area contributed by atoms with Gasteiger partial charge in [0, 0.05) is 5.69 Å². The highest BCUT2D eigenvalue weighted by Crippen LogP contribution is 2.52. The number of aryl methyl sites for hydroxylation is 1. The standard InChI is InChI=1S/C17H21NO4/c1-9-7-12(22-2)5-6-13(9)18-16(19)14-10-3-4-11(8-10)15(14)17(20)21/h5-7,10-11,14-15H,3-4,8H2,1-2H3,(H,18,19)(H,20,21)/t10-,11-,14-,15-/m0/s1. The normalized spacial score (nSPS) is 29.4. The van der Waals surface area contributed by atoms with Gasteiger partial charge in [0.1, 0.15) is 5.75 Å². The smallest absolute Gasteiger partial charge is 0.307 e. The van der Waals surface area contributed by atoms with Crippen molar-refractivity contribution in [3.63, 3.8) is 0 Å². The Kier molecular flexibility index (Phi) is 3.81. The highest BCUT2D eigenvalue weighted by atomic mass is 16.5. The molecule has 2 bridgehead atoms. The molecular formula is C17H21NO4. The molecule has 22 heavy (non-hydrogen) atoms. The maximum atomic E-state index is 12.6. The molecule has 0 aromatic heterocycles. The van der Waals surface area contributed by atoms with Crippen LogP contribution < -0.4 is 10.1 Å². The first-order chi connectivity index (χ1) is 10.5. The maximum Gasteiger partial charge on any atom is 0.307 e. The van der Waals surface area contributed by atoms with Gasteiger partial charge in [-0.15, -0.1) is 0 Å². The van der Waals surface area contributed by atoms with E-state index in [1.165, 1.54) is 0 Å². The minimum absolute atomic E-state index is 0.159. The summed E-state index contributed by atoms with van der Waals surface area (Å²) >= 11 is 0. The Morgan fingerprint density at radius 1 is 1.23 bits per heavy atom. The molecule has 1 amide bonds. The fourth-order valence-electron chi connectivity index (χ4n) is 4.14. The summed E-state index contributed by atoms with van der Waals surface area (Å²) in [5, 5.41) is 12.4. The predicted octanol–water partition coefficient (Wildman–Crippen LogP) is 2.69. The molecule has 0 heterocycles. The maximum absolute atomic E-state index is 12.6. The molecule has 2 aliphatic carbocycles. The van der Waals surface area contributed by atoms with Crippen LogP contribution >= 0.6 is 0 Å². The van der Waals surface area contributed by atoms with E-state index in [0.717, 1.165) is 36.3 Å². The third-order valence-electron chi connectivity index (χ3n) is 5.20. The van der Waals surface area contributed by atoms with Crippen molar-refractivity contribution in [2.24, 2.45) is 23.7 Å². The van der Waals surface area contributed by atoms with Gasteiger partial charge in [0.05, 0.1) is 18.9 Å². The van der Waals surface area contributed by atoms with E-state index >= 15 is 0 Å². The molecule has 2 saturated carbocycles. The number of rotatable bonds is 4. The van der Waals surface area contributed by atoms with E-state index in [2.05, 4.69) is 5.32 Å². The average Bonchev–Trinajstić information content (AvgIpc) is 3.09. The average molecular weight is 303 g/mol. The number of aliphatic carboxylic acids is 1. The van der Waals surface area contributed by atoms with E-state index in [0.29, 0.717) is 0 Å². The Hall–Kier alpha value is -2.04. The zero-order valence-electron chi connectivity index (χ0n) is 12.8. The van der Waals surface area contributed by atoms with Gasteiger partial charge in [-0.2, -0.15) is 0 Å². The third-order valence-corrected chi connectivity index (χ3v) is 5.20. The second kappa shape index (κ2) is 5.63. The molecule has 118 valence electrons. The van der Waals surface area contributed by atoms with Gasteiger partial charge < -0.3 is 15.2 Å². The van der Waals surface area contributed by atoms with Crippen LogP contribution in [0.5, 0.6) is 5.75 Å². The molecule has 1 aromatic rings. The zero-order valence-corrected chi connectivity index (χ0v) is 12.8. The summed E-state index contributed by atoms with van der Waals surface area (Å²) in [4.78, 5) is 24.1. The molecule has 0 aliphatic heterocycles. The van der Waals surface area contributed by atoms with Crippen molar-refractivity contribution in [2.45, 2.75) is 26.2 Å². The number of carbonyl (C=O) groups is 2. The van der Waals surface area contributed by atoms with Crippen molar-refractivity contribution < 1.29 is 19.4 Å². The molecule has 5 heteroatoms. The lowest BCUT2D eigenvalue weighted by Crippen LogP contribution is -2.37. The summed E-state index contributed by atoms with van der Waals surface area (Å²) in [6.07, 6.45) is 2.78. The fourth-order valence-corrected chi connectivity index (χ4v) is 4.14. The lowest BCUT2D eigenvalue weighted by Gasteiger charge is -2.27. The first-order valence-electron chi connectivity index (χ1n) is 7.69. The summed E-state index contributed by atoms with van der Waals surface area (Å²) in [5.41, 5.74) is 1.63. The Balaban J connectivity index is 1.78. The Labute approximate surface area is 129 Å². The number of hydrogen-bond acceptors (Lipinski definition) is 3.